The van der Waals surface area contributed by atoms with Gasteiger partial charge in [-0.05, 0) is 0 Å². The number of hydrogen-bond acceptors (Lipinski definition) is 6. The molecule has 0 bridgehead atoms. The van der Waals surface area contributed by atoms with Crippen LogP contribution in [0.4, 0.5) is 5.69 Å². The minimum Gasteiger partial charge on any atom is -0.266 e. The molecule has 0 spiro atoms. The van der Waals surface area contributed by atoms with E-state index in [-0.39, 0.29) is 17.3 Å². The van der Waals surface area contributed by atoms with Gasteiger partial charge in [0.2, 0.25) is 0 Å². The molecule has 2 rings (SSSR count). The highest BCUT2D eigenvalue weighted by atomic mass is 16.6. The van der Waals surface area contributed by atoms with Gasteiger partial charge >= 0.3 is 5.69 Å². The van der Waals surface area contributed by atoms with Crippen LogP contribution in [0.15, 0.2) is 12.5 Å². The molecule has 0 N–H and O–H groups in total. The van der Waals surface area contributed by atoms with E-state index in [0.717, 1.165) is 4.68 Å². The molecule has 2 aromatic rings. The Morgan fingerprint density at radius 3 is 2.88 bits per heavy atom. The smallest absolute Gasteiger partial charge is 0.266 e. The Kier molecular flexibility index (Phi) is 2.10. The molecule has 16 heavy (non-hydrogen) atoms. The second-order valence-corrected chi connectivity index (χ2v) is 2.89. The Bertz CT molecular complexity index is 590. The maximum Gasteiger partial charge on any atom is 0.333 e. The molecule has 0 radical (unpaired) electrons. The molecule has 2 heterocycles. The SMILES string of the molecule is Cn1cc([N+](=O)[O-])c(-n2cnc(C#N)n2)n1. The molecule has 0 fully saturated rings. The summed E-state index contributed by atoms with van der Waals surface area (Å²) in [7, 11) is 1.55. The minimum absolute atomic E-state index is 0.0292. The van der Waals surface area contributed by atoms with Crippen molar-refractivity contribution in [1.29, 1.82) is 5.26 Å². The highest BCUT2D eigenvalue weighted by molar-refractivity contribution is 5.44. The zero-order valence-electron chi connectivity index (χ0n) is 8.10. The van der Waals surface area contributed by atoms with Crippen LogP contribution in [0.1, 0.15) is 5.82 Å². The van der Waals surface area contributed by atoms with Crippen LogP contribution in [0.2, 0.25) is 0 Å². The van der Waals surface area contributed by atoms with Gasteiger partial charge in [-0.2, -0.15) is 9.94 Å². The second-order valence-electron chi connectivity index (χ2n) is 2.89. The standard InChI is InChI=1S/C7H5N7O2/c1-12-3-5(14(15)16)7(11-12)13-4-9-6(2-8)10-13/h3-4H,1H3. The fourth-order valence-corrected chi connectivity index (χ4v) is 1.17. The van der Waals surface area contributed by atoms with Crippen LogP contribution in [0.5, 0.6) is 0 Å². The molecule has 0 aromatic carbocycles. The average Bonchev–Trinajstić information content (AvgIpc) is 2.82. The third kappa shape index (κ3) is 1.48. The largest absolute Gasteiger partial charge is 0.333 e. The molecule has 0 aliphatic carbocycles. The number of aromatic nitrogens is 5. The lowest BCUT2D eigenvalue weighted by Gasteiger charge is -1.92. The zero-order chi connectivity index (χ0) is 11.7. The van der Waals surface area contributed by atoms with E-state index < -0.39 is 4.92 Å². The number of nitro groups is 1. The quantitative estimate of drug-likeness (QED) is 0.509. The lowest BCUT2D eigenvalue weighted by Crippen LogP contribution is -2.00. The van der Waals surface area contributed by atoms with Crippen molar-refractivity contribution in [1.82, 2.24) is 24.5 Å². The van der Waals surface area contributed by atoms with Gasteiger partial charge in [-0.3, -0.25) is 14.8 Å². The third-order valence-electron chi connectivity index (χ3n) is 1.80. The highest BCUT2D eigenvalue weighted by Crippen LogP contribution is 2.19. The van der Waals surface area contributed by atoms with Crippen LogP contribution in [-0.2, 0) is 7.05 Å². The van der Waals surface area contributed by atoms with Gasteiger partial charge in [-0.15, -0.1) is 10.2 Å². The van der Waals surface area contributed by atoms with Gasteiger partial charge in [0.05, 0.1) is 4.92 Å². The van der Waals surface area contributed by atoms with E-state index in [1.54, 1.807) is 13.1 Å². The van der Waals surface area contributed by atoms with Gasteiger partial charge < -0.3 is 0 Å². The molecule has 9 heteroatoms. The lowest BCUT2D eigenvalue weighted by molar-refractivity contribution is -0.384. The van der Waals surface area contributed by atoms with E-state index in [2.05, 4.69) is 15.2 Å². The van der Waals surface area contributed by atoms with Gasteiger partial charge in [-0.1, -0.05) is 0 Å². The van der Waals surface area contributed by atoms with Crippen LogP contribution >= 0.6 is 0 Å². The van der Waals surface area contributed by atoms with E-state index >= 15 is 0 Å². The van der Waals surface area contributed by atoms with Crippen molar-refractivity contribution in [2.24, 2.45) is 7.05 Å². The molecule has 0 saturated carbocycles. The number of nitrogens with zero attached hydrogens (tertiary/aromatic N) is 7. The van der Waals surface area contributed by atoms with Crippen molar-refractivity contribution in [3.8, 4) is 11.9 Å². The number of nitriles is 1. The van der Waals surface area contributed by atoms with Crippen molar-refractivity contribution in [2.75, 3.05) is 0 Å². The molecule has 0 atom stereocenters. The lowest BCUT2D eigenvalue weighted by atomic mass is 10.5. The summed E-state index contributed by atoms with van der Waals surface area (Å²) in [5.41, 5.74) is -0.197. The van der Waals surface area contributed by atoms with Crippen molar-refractivity contribution in [3.63, 3.8) is 0 Å². The van der Waals surface area contributed by atoms with Gasteiger partial charge in [-0.25, -0.2) is 4.98 Å². The summed E-state index contributed by atoms with van der Waals surface area (Å²) < 4.78 is 2.39. The Hall–Kier alpha value is -2.76. The maximum atomic E-state index is 10.7. The normalized spacial score (nSPS) is 10.0. The first-order valence-corrected chi connectivity index (χ1v) is 4.12. The van der Waals surface area contributed by atoms with Crippen LogP contribution in [0, 0.1) is 21.4 Å². The molecule has 9 nitrogen and oxygen atoms in total. The summed E-state index contributed by atoms with van der Waals surface area (Å²) in [5.74, 6) is -0.0403. The summed E-state index contributed by atoms with van der Waals surface area (Å²) >= 11 is 0. The van der Waals surface area contributed by atoms with Crippen molar-refractivity contribution in [3.05, 3.63) is 28.5 Å². The monoisotopic (exact) mass is 219 g/mol. The van der Waals surface area contributed by atoms with Crippen molar-refractivity contribution in [2.45, 2.75) is 0 Å². The Morgan fingerprint density at radius 1 is 1.56 bits per heavy atom. The van der Waals surface area contributed by atoms with Crippen LogP contribution < -0.4 is 0 Å². The Morgan fingerprint density at radius 2 is 2.31 bits per heavy atom. The summed E-state index contributed by atoms with van der Waals surface area (Å²) in [6.07, 6.45) is 2.46. The Balaban J connectivity index is 2.55. The topological polar surface area (TPSA) is 115 Å². The fourth-order valence-electron chi connectivity index (χ4n) is 1.17. The second kappa shape index (κ2) is 3.43. The summed E-state index contributed by atoms with van der Waals surface area (Å²) in [5, 5.41) is 26.8. The van der Waals surface area contributed by atoms with Crippen LogP contribution in [-0.4, -0.2) is 29.5 Å². The van der Waals surface area contributed by atoms with E-state index in [1.807, 2.05) is 0 Å². The summed E-state index contributed by atoms with van der Waals surface area (Å²) in [6, 6.07) is 1.73. The van der Waals surface area contributed by atoms with Crippen LogP contribution in [0.3, 0.4) is 0 Å². The predicted octanol–water partition coefficient (Wildman–Crippen LogP) is -0.219. The first-order chi connectivity index (χ1) is 7.61. The minimum atomic E-state index is -0.573. The van der Waals surface area contributed by atoms with E-state index in [0.29, 0.717) is 0 Å². The van der Waals surface area contributed by atoms with Crippen molar-refractivity contribution < 1.29 is 4.92 Å². The average molecular weight is 219 g/mol. The maximum absolute atomic E-state index is 10.7. The summed E-state index contributed by atoms with van der Waals surface area (Å²) in [4.78, 5) is 13.8. The highest BCUT2D eigenvalue weighted by Gasteiger charge is 2.21. The van der Waals surface area contributed by atoms with Gasteiger partial charge in [0, 0.05) is 7.05 Å². The number of hydrogen-bond donors (Lipinski definition) is 0. The zero-order valence-corrected chi connectivity index (χ0v) is 8.10. The van der Waals surface area contributed by atoms with Gasteiger partial charge in [0.15, 0.2) is 0 Å². The van der Waals surface area contributed by atoms with E-state index in [9.17, 15) is 10.1 Å². The third-order valence-corrected chi connectivity index (χ3v) is 1.80. The molecule has 0 aliphatic heterocycles. The van der Waals surface area contributed by atoms with E-state index in [4.69, 9.17) is 5.26 Å². The molecule has 0 unspecified atom stereocenters. The van der Waals surface area contributed by atoms with Gasteiger partial charge in [0.1, 0.15) is 18.6 Å². The number of aryl methyl sites for hydroxylation is 1. The molecule has 80 valence electrons. The Labute approximate surface area is 88.7 Å². The number of rotatable bonds is 2. The van der Waals surface area contributed by atoms with Crippen LogP contribution in [0.25, 0.3) is 5.82 Å². The molecule has 0 saturated heterocycles. The molecular weight excluding hydrogens is 214 g/mol. The molecule has 2 aromatic heterocycles. The first kappa shape index (κ1) is 9.78. The first-order valence-electron chi connectivity index (χ1n) is 4.12. The van der Waals surface area contributed by atoms with E-state index in [1.165, 1.54) is 17.2 Å². The van der Waals surface area contributed by atoms with Gasteiger partial charge in [0.25, 0.3) is 11.6 Å². The fraction of sp³-hybridized carbons (Fsp3) is 0.143. The molecule has 0 aliphatic rings. The predicted molar refractivity (Wildman–Crippen MR) is 49.5 cm³/mol. The molecule has 0 amide bonds. The molecular formula is C7H5N7O2. The summed E-state index contributed by atoms with van der Waals surface area (Å²) in [6.45, 7) is 0. The van der Waals surface area contributed by atoms with Crippen molar-refractivity contribution >= 4 is 5.69 Å².